The number of carbonyl (C=O) groups is 2. The van der Waals surface area contributed by atoms with Crippen LogP contribution in [-0.4, -0.2) is 47.7 Å². The number of aromatic carboxylic acids is 1. The number of carbonyl (C=O) groups excluding carboxylic acids is 1. The lowest BCUT2D eigenvalue weighted by atomic mass is 9.88. The number of ether oxygens (including phenoxy) is 1. The van der Waals surface area contributed by atoms with E-state index >= 15 is 0 Å². The monoisotopic (exact) mass is 419 g/mol. The third-order valence-corrected chi connectivity index (χ3v) is 7.65. The van der Waals surface area contributed by atoms with Gasteiger partial charge < -0.3 is 14.7 Å². The summed E-state index contributed by atoms with van der Waals surface area (Å²) in [6.07, 6.45) is 4.98. The van der Waals surface area contributed by atoms with E-state index in [1.165, 1.54) is 12.0 Å². The topological polar surface area (TPSA) is 66.8 Å². The van der Waals surface area contributed by atoms with Crippen LogP contribution in [0.3, 0.4) is 0 Å². The zero-order chi connectivity index (χ0) is 21.6. The average Bonchev–Trinajstić information content (AvgIpc) is 3.20. The van der Waals surface area contributed by atoms with Gasteiger partial charge in [-0.3, -0.25) is 4.79 Å². The number of rotatable bonds is 4. The van der Waals surface area contributed by atoms with Gasteiger partial charge in [0, 0.05) is 19.7 Å². The molecule has 31 heavy (non-hydrogen) atoms. The molecule has 2 atom stereocenters. The second kappa shape index (κ2) is 7.79. The maximum Gasteiger partial charge on any atom is 0.335 e. The molecule has 3 aliphatic rings. The SMILES string of the molecule is Cc1c(C(=O)O)cccc1-c1ccc([C@H]2CC23CCN(C(=O)[C@H]2CCCO2)CC3)cc1. The summed E-state index contributed by atoms with van der Waals surface area (Å²) >= 11 is 0. The van der Waals surface area contributed by atoms with Crippen molar-refractivity contribution in [2.75, 3.05) is 19.7 Å². The van der Waals surface area contributed by atoms with E-state index in [9.17, 15) is 14.7 Å². The van der Waals surface area contributed by atoms with Crippen molar-refractivity contribution in [1.82, 2.24) is 4.90 Å². The Hall–Kier alpha value is -2.66. The van der Waals surface area contributed by atoms with Crippen LogP contribution in [0, 0.1) is 12.3 Å². The van der Waals surface area contributed by atoms with Gasteiger partial charge in [-0.25, -0.2) is 4.79 Å². The standard InChI is InChI=1S/C26H29NO4/c1-17-20(4-2-5-21(17)25(29)30)18-7-9-19(10-8-18)22-16-26(22)11-13-27(14-12-26)24(28)23-6-3-15-31-23/h2,4-5,7-10,22-23H,3,6,11-16H2,1H3,(H,29,30)/t22-,23-/m1/s1. The Morgan fingerprint density at radius 1 is 1.10 bits per heavy atom. The van der Waals surface area contributed by atoms with Gasteiger partial charge in [0.1, 0.15) is 6.10 Å². The van der Waals surface area contributed by atoms with Crippen LogP contribution in [0.25, 0.3) is 11.1 Å². The fourth-order valence-electron chi connectivity index (χ4n) is 5.60. The number of hydrogen-bond donors (Lipinski definition) is 1. The predicted octanol–water partition coefficient (Wildman–Crippen LogP) is 4.64. The normalized spacial score (nSPS) is 24.4. The zero-order valence-electron chi connectivity index (χ0n) is 18.0. The van der Waals surface area contributed by atoms with Gasteiger partial charge in [0.05, 0.1) is 5.56 Å². The highest BCUT2D eigenvalue weighted by Crippen LogP contribution is 2.65. The molecule has 1 amide bonds. The molecule has 1 saturated carbocycles. The number of likely N-dealkylation sites (tertiary alicyclic amines) is 1. The molecule has 0 aromatic heterocycles. The number of benzene rings is 2. The summed E-state index contributed by atoms with van der Waals surface area (Å²) < 4.78 is 5.58. The fourth-order valence-corrected chi connectivity index (χ4v) is 5.60. The Morgan fingerprint density at radius 2 is 1.84 bits per heavy atom. The van der Waals surface area contributed by atoms with Gasteiger partial charge in [-0.2, -0.15) is 0 Å². The van der Waals surface area contributed by atoms with E-state index < -0.39 is 5.97 Å². The van der Waals surface area contributed by atoms with Gasteiger partial charge in [-0.05, 0) is 78.7 Å². The Morgan fingerprint density at radius 3 is 2.48 bits per heavy atom. The minimum Gasteiger partial charge on any atom is -0.478 e. The molecule has 2 saturated heterocycles. The first-order chi connectivity index (χ1) is 15.0. The molecule has 2 aromatic carbocycles. The highest BCUT2D eigenvalue weighted by molar-refractivity contribution is 5.92. The highest BCUT2D eigenvalue weighted by atomic mass is 16.5. The molecule has 0 radical (unpaired) electrons. The number of carboxylic acids is 1. The first-order valence-corrected chi connectivity index (χ1v) is 11.3. The van der Waals surface area contributed by atoms with Crippen molar-refractivity contribution in [3.63, 3.8) is 0 Å². The highest BCUT2D eigenvalue weighted by Gasteiger charge is 2.55. The summed E-state index contributed by atoms with van der Waals surface area (Å²) in [4.78, 5) is 26.1. The molecule has 2 heterocycles. The maximum atomic E-state index is 12.6. The molecule has 2 aromatic rings. The fraction of sp³-hybridized carbons (Fsp3) is 0.462. The van der Waals surface area contributed by atoms with Crippen LogP contribution in [0.2, 0.25) is 0 Å². The molecule has 1 N–H and O–H groups in total. The average molecular weight is 420 g/mol. The molecule has 0 bridgehead atoms. The van der Waals surface area contributed by atoms with Crippen molar-refractivity contribution < 1.29 is 19.4 Å². The zero-order valence-corrected chi connectivity index (χ0v) is 18.0. The van der Waals surface area contributed by atoms with E-state index in [2.05, 4.69) is 24.3 Å². The molecule has 162 valence electrons. The largest absolute Gasteiger partial charge is 0.478 e. The second-order valence-electron chi connectivity index (χ2n) is 9.35. The first kappa shape index (κ1) is 20.3. The lowest BCUT2D eigenvalue weighted by Gasteiger charge is -2.34. The van der Waals surface area contributed by atoms with Crippen molar-refractivity contribution in [3.05, 3.63) is 59.2 Å². The molecular weight excluding hydrogens is 390 g/mol. The van der Waals surface area contributed by atoms with Crippen LogP contribution in [-0.2, 0) is 9.53 Å². The Bertz CT molecular complexity index is 999. The molecule has 1 aliphatic carbocycles. The van der Waals surface area contributed by atoms with Crippen LogP contribution in [0.15, 0.2) is 42.5 Å². The Balaban J connectivity index is 1.25. The summed E-state index contributed by atoms with van der Waals surface area (Å²) in [6.45, 7) is 4.27. The molecule has 5 rings (SSSR count). The van der Waals surface area contributed by atoms with E-state index in [-0.39, 0.29) is 12.0 Å². The smallest absolute Gasteiger partial charge is 0.335 e. The Kier molecular flexibility index (Phi) is 5.09. The number of amides is 1. The third kappa shape index (κ3) is 3.65. The number of carboxylic acid groups (broad SMARTS) is 1. The molecule has 1 spiro atoms. The van der Waals surface area contributed by atoms with Crippen LogP contribution < -0.4 is 0 Å². The van der Waals surface area contributed by atoms with E-state index in [1.807, 2.05) is 17.9 Å². The van der Waals surface area contributed by atoms with Crippen molar-refractivity contribution in [2.24, 2.45) is 5.41 Å². The van der Waals surface area contributed by atoms with Crippen molar-refractivity contribution >= 4 is 11.9 Å². The minimum absolute atomic E-state index is 0.188. The summed E-state index contributed by atoms with van der Waals surface area (Å²) in [6, 6.07) is 14.1. The lowest BCUT2D eigenvalue weighted by Crippen LogP contribution is -2.44. The first-order valence-electron chi connectivity index (χ1n) is 11.3. The summed E-state index contributed by atoms with van der Waals surface area (Å²) in [5, 5.41) is 9.39. The molecule has 5 heteroatoms. The number of hydrogen-bond acceptors (Lipinski definition) is 3. The van der Waals surface area contributed by atoms with E-state index in [0.717, 1.165) is 55.5 Å². The van der Waals surface area contributed by atoms with E-state index in [0.29, 0.717) is 23.5 Å². The van der Waals surface area contributed by atoms with Crippen LogP contribution >= 0.6 is 0 Å². The van der Waals surface area contributed by atoms with Crippen LogP contribution in [0.4, 0.5) is 0 Å². The summed E-state index contributed by atoms with van der Waals surface area (Å²) in [5.74, 6) is -0.138. The lowest BCUT2D eigenvalue weighted by molar-refractivity contribution is -0.142. The van der Waals surface area contributed by atoms with Crippen molar-refractivity contribution in [1.29, 1.82) is 0 Å². The van der Waals surface area contributed by atoms with Gasteiger partial charge >= 0.3 is 5.97 Å². The number of piperidine rings is 1. The van der Waals surface area contributed by atoms with Crippen LogP contribution in [0.1, 0.15) is 59.5 Å². The van der Waals surface area contributed by atoms with Crippen molar-refractivity contribution in [3.8, 4) is 11.1 Å². The molecule has 2 aliphatic heterocycles. The van der Waals surface area contributed by atoms with Gasteiger partial charge in [-0.1, -0.05) is 36.4 Å². The third-order valence-electron chi connectivity index (χ3n) is 7.65. The van der Waals surface area contributed by atoms with Crippen molar-refractivity contribution in [2.45, 2.75) is 51.0 Å². The number of nitrogens with zero attached hydrogens (tertiary/aromatic N) is 1. The van der Waals surface area contributed by atoms with Gasteiger partial charge in [0.2, 0.25) is 0 Å². The summed E-state index contributed by atoms with van der Waals surface area (Å²) in [5.41, 5.74) is 4.87. The minimum atomic E-state index is -0.889. The predicted molar refractivity (Wildman–Crippen MR) is 118 cm³/mol. The van der Waals surface area contributed by atoms with Crippen LogP contribution in [0.5, 0.6) is 0 Å². The van der Waals surface area contributed by atoms with Gasteiger partial charge in [-0.15, -0.1) is 0 Å². The maximum absolute atomic E-state index is 12.6. The second-order valence-corrected chi connectivity index (χ2v) is 9.35. The molecule has 5 nitrogen and oxygen atoms in total. The van der Waals surface area contributed by atoms with Gasteiger partial charge in [0.25, 0.3) is 5.91 Å². The molecule has 0 unspecified atom stereocenters. The van der Waals surface area contributed by atoms with E-state index in [4.69, 9.17) is 4.74 Å². The van der Waals surface area contributed by atoms with E-state index in [1.54, 1.807) is 12.1 Å². The summed E-state index contributed by atoms with van der Waals surface area (Å²) in [7, 11) is 0. The molecular formula is C26H29NO4. The van der Waals surface area contributed by atoms with Gasteiger partial charge in [0.15, 0.2) is 0 Å². The quantitative estimate of drug-likeness (QED) is 0.784. The molecule has 3 fully saturated rings. The Labute approximate surface area is 183 Å².